The van der Waals surface area contributed by atoms with Gasteiger partial charge in [-0.25, -0.2) is 0 Å². The van der Waals surface area contributed by atoms with Gasteiger partial charge in [0.25, 0.3) is 0 Å². The number of carbonyl (C=O) groups excluding carboxylic acids is 2. The van der Waals surface area contributed by atoms with Gasteiger partial charge in [0.15, 0.2) is 0 Å². The zero-order chi connectivity index (χ0) is 57.1. The largest absolute Gasteiger partial charge is 0.466 e. The number of carbonyl (C=O) groups is 2. The standard InChI is InChI=1S/C73H139NO5/c1-3-5-7-9-11-13-15-17-19-34-38-41-45-49-53-57-61-65-71(76)70(69-75)74-72(77)66-62-58-54-50-46-42-39-35-32-30-28-26-24-22-20-21-23-25-27-29-31-33-36-40-44-48-52-56-60-64-68-79-73(78)67-63-59-55-51-47-43-37-18-16-14-12-10-8-6-4-2/h12,14,18,37,61,65,70-71,75-76H,3-11,13,15-17,19-36,38-60,62-64,66-69H2,1-2H3,(H,74,77)/b14-12-,37-18-,65-61+. The van der Waals surface area contributed by atoms with Crippen LogP contribution in [-0.2, 0) is 14.3 Å². The summed E-state index contributed by atoms with van der Waals surface area (Å²) in [6, 6.07) is -0.625. The van der Waals surface area contributed by atoms with Gasteiger partial charge < -0.3 is 20.3 Å². The van der Waals surface area contributed by atoms with Crippen molar-refractivity contribution < 1.29 is 24.5 Å². The second-order valence-electron chi connectivity index (χ2n) is 24.6. The molecule has 6 nitrogen and oxygen atoms in total. The molecule has 0 aliphatic rings. The van der Waals surface area contributed by atoms with E-state index in [4.69, 9.17) is 4.74 Å². The number of unbranched alkanes of at least 4 members (excludes halogenated alkanes) is 52. The third-order valence-electron chi connectivity index (χ3n) is 16.7. The van der Waals surface area contributed by atoms with E-state index >= 15 is 0 Å². The summed E-state index contributed by atoms with van der Waals surface area (Å²) in [7, 11) is 0. The summed E-state index contributed by atoms with van der Waals surface area (Å²) in [6.07, 6.45) is 88.0. The Morgan fingerprint density at radius 2 is 0.633 bits per heavy atom. The van der Waals surface area contributed by atoms with Gasteiger partial charge in [0.1, 0.15) is 0 Å². The predicted octanol–water partition coefficient (Wildman–Crippen LogP) is 23.1. The van der Waals surface area contributed by atoms with E-state index in [1.165, 1.54) is 315 Å². The van der Waals surface area contributed by atoms with Crippen LogP contribution in [-0.4, -0.2) is 47.4 Å². The topological polar surface area (TPSA) is 95.9 Å². The Hall–Kier alpha value is -1.92. The van der Waals surface area contributed by atoms with E-state index in [-0.39, 0.29) is 18.5 Å². The highest BCUT2D eigenvalue weighted by Crippen LogP contribution is 2.19. The first-order valence-corrected chi connectivity index (χ1v) is 35.8. The molecule has 0 aromatic carbocycles. The molecule has 0 fully saturated rings. The number of esters is 1. The fraction of sp³-hybridized carbons (Fsp3) is 0.890. The Morgan fingerprint density at radius 1 is 0.354 bits per heavy atom. The zero-order valence-corrected chi connectivity index (χ0v) is 53.4. The predicted molar refractivity (Wildman–Crippen MR) is 347 cm³/mol. The number of hydrogen-bond acceptors (Lipinski definition) is 5. The molecule has 1 amide bonds. The maximum Gasteiger partial charge on any atom is 0.305 e. The lowest BCUT2D eigenvalue weighted by molar-refractivity contribution is -0.143. The summed E-state index contributed by atoms with van der Waals surface area (Å²) in [5.74, 6) is -0.0552. The average Bonchev–Trinajstić information content (AvgIpc) is 3.45. The molecule has 0 rings (SSSR count). The molecule has 0 spiro atoms. The molecule has 0 aliphatic carbocycles. The van der Waals surface area contributed by atoms with E-state index in [0.29, 0.717) is 19.4 Å². The van der Waals surface area contributed by atoms with Crippen LogP contribution >= 0.6 is 0 Å². The second-order valence-corrected chi connectivity index (χ2v) is 24.6. The van der Waals surface area contributed by atoms with Crippen LogP contribution < -0.4 is 5.32 Å². The Balaban J connectivity index is 3.35. The zero-order valence-electron chi connectivity index (χ0n) is 53.4. The minimum atomic E-state index is -0.842. The molecule has 0 aliphatic heterocycles. The molecular weight excluding hydrogens is 971 g/mol. The van der Waals surface area contributed by atoms with Crippen molar-refractivity contribution >= 4 is 11.9 Å². The number of amides is 1. The Kier molecular flexibility index (Phi) is 66.9. The fourth-order valence-electron chi connectivity index (χ4n) is 11.2. The molecule has 466 valence electrons. The molecule has 6 heteroatoms. The van der Waals surface area contributed by atoms with Crippen molar-refractivity contribution in [2.45, 2.75) is 405 Å². The summed E-state index contributed by atoms with van der Waals surface area (Å²) in [5.41, 5.74) is 0. The number of ether oxygens (including phenoxy) is 1. The third kappa shape index (κ3) is 65.1. The van der Waals surface area contributed by atoms with Crippen molar-refractivity contribution in [2.24, 2.45) is 0 Å². The lowest BCUT2D eigenvalue weighted by atomic mass is 10.0. The van der Waals surface area contributed by atoms with Crippen molar-refractivity contribution in [3.63, 3.8) is 0 Å². The third-order valence-corrected chi connectivity index (χ3v) is 16.7. The summed E-state index contributed by atoms with van der Waals surface area (Å²) in [6.45, 7) is 4.90. The van der Waals surface area contributed by atoms with Crippen LogP contribution in [0.5, 0.6) is 0 Å². The molecule has 0 aromatic rings. The monoisotopic (exact) mass is 1110 g/mol. The van der Waals surface area contributed by atoms with Crippen LogP contribution in [0.15, 0.2) is 36.5 Å². The van der Waals surface area contributed by atoms with Crippen molar-refractivity contribution in [3.05, 3.63) is 36.5 Å². The van der Waals surface area contributed by atoms with Gasteiger partial charge in [0, 0.05) is 12.8 Å². The van der Waals surface area contributed by atoms with Gasteiger partial charge in [-0.1, -0.05) is 352 Å². The van der Waals surface area contributed by atoms with Gasteiger partial charge >= 0.3 is 5.97 Å². The van der Waals surface area contributed by atoms with Gasteiger partial charge in [-0.3, -0.25) is 9.59 Å². The Labute approximate surface area is 494 Å². The Bertz CT molecular complexity index is 1280. The number of rotatable bonds is 67. The summed E-state index contributed by atoms with van der Waals surface area (Å²) >= 11 is 0. The van der Waals surface area contributed by atoms with Crippen LogP contribution in [0.4, 0.5) is 0 Å². The van der Waals surface area contributed by atoms with Gasteiger partial charge in [0.2, 0.25) is 5.91 Å². The van der Waals surface area contributed by atoms with E-state index in [9.17, 15) is 19.8 Å². The van der Waals surface area contributed by atoms with Crippen molar-refractivity contribution in [1.29, 1.82) is 0 Å². The van der Waals surface area contributed by atoms with E-state index in [2.05, 4.69) is 43.5 Å². The molecule has 3 N–H and O–H groups in total. The van der Waals surface area contributed by atoms with Crippen LogP contribution in [0.3, 0.4) is 0 Å². The van der Waals surface area contributed by atoms with Crippen LogP contribution in [0.2, 0.25) is 0 Å². The number of hydrogen-bond donors (Lipinski definition) is 3. The molecule has 2 unspecified atom stereocenters. The molecule has 79 heavy (non-hydrogen) atoms. The molecule has 0 saturated heterocycles. The van der Waals surface area contributed by atoms with Crippen molar-refractivity contribution in [1.82, 2.24) is 5.32 Å². The number of allylic oxidation sites excluding steroid dienone is 5. The number of aliphatic hydroxyl groups excluding tert-OH is 2. The highest BCUT2D eigenvalue weighted by molar-refractivity contribution is 5.76. The lowest BCUT2D eigenvalue weighted by Gasteiger charge is -2.20. The van der Waals surface area contributed by atoms with Gasteiger partial charge in [0.05, 0.1) is 25.4 Å². The second kappa shape index (κ2) is 68.6. The minimum Gasteiger partial charge on any atom is -0.466 e. The van der Waals surface area contributed by atoms with E-state index in [1.54, 1.807) is 6.08 Å². The average molecular weight is 1110 g/mol. The SMILES string of the molecule is CCCCC/C=C\C/C=C\CCCCCCCC(=O)OCCCCCCCCCCCCCCCCCCCCCCCCCCCCCCCCC(=O)NC(CO)C(O)/C=C/CCCCCCCCCCCCCCCCC. The molecule has 0 saturated carbocycles. The molecule has 0 aromatic heterocycles. The summed E-state index contributed by atoms with van der Waals surface area (Å²) in [4.78, 5) is 24.6. The van der Waals surface area contributed by atoms with Crippen LogP contribution in [0.25, 0.3) is 0 Å². The van der Waals surface area contributed by atoms with Gasteiger partial charge in [-0.05, 0) is 64.2 Å². The van der Waals surface area contributed by atoms with Crippen molar-refractivity contribution in [2.75, 3.05) is 13.2 Å². The number of nitrogens with one attached hydrogen (secondary N) is 1. The fourth-order valence-corrected chi connectivity index (χ4v) is 11.2. The molecule has 0 radical (unpaired) electrons. The Morgan fingerprint density at radius 3 is 0.987 bits per heavy atom. The summed E-state index contributed by atoms with van der Waals surface area (Å²) < 4.78 is 5.49. The quantitative estimate of drug-likeness (QED) is 0.0320. The number of aliphatic hydroxyl groups is 2. The smallest absolute Gasteiger partial charge is 0.305 e. The maximum atomic E-state index is 12.5. The van der Waals surface area contributed by atoms with Gasteiger partial charge in [-0.2, -0.15) is 0 Å². The maximum absolute atomic E-state index is 12.5. The molecular formula is C73H139NO5. The first kappa shape index (κ1) is 77.1. The van der Waals surface area contributed by atoms with E-state index in [1.807, 2.05) is 6.08 Å². The lowest BCUT2D eigenvalue weighted by Crippen LogP contribution is -2.45. The van der Waals surface area contributed by atoms with Crippen LogP contribution in [0, 0.1) is 0 Å². The molecule has 0 bridgehead atoms. The minimum absolute atomic E-state index is 0.00610. The molecule has 2 atom stereocenters. The van der Waals surface area contributed by atoms with Crippen molar-refractivity contribution in [3.8, 4) is 0 Å². The highest BCUT2D eigenvalue weighted by atomic mass is 16.5. The van der Waals surface area contributed by atoms with Gasteiger partial charge in [-0.15, -0.1) is 0 Å². The van der Waals surface area contributed by atoms with E-state index < -0.39 is 12.1 Å². The normalized spacial score (nSPS) is 12.7. The molecule has 0 heterocycles. The van der Waals surface area contributed by atoms with E-state index in [0.717, 1.165) is 51.4 Å². The highest BCUT2D eigenvalue weighted by Gasteiger charge is 2.18. The first-order chi connectivity index (χ1) is 39.0. The van der Waals surface area contributed by atoms with Crippen LogP contribution in [0.1, 0.15) is 393 Å². The summed E-state index contributed by atoms with van der Waals surface area (Å²) in [5, 5.41) is 23.2. The first-order valence-electron chi connectivity index (χ1n) is 35.8.